The smallest absolute Gasteiger partial charge is 0.244 e. The third-order valence-electron chi connectivity index (χ3n) is 4.37. The first-order valence-corrected chi connectivity index (χ1v) is 10.1. The van der Waals surface area contributed by atoms with Crippen molar-refractivity contribution in [1.82, 2.24) is 4.31 Å². The third kappa shape index (κ3) is 4.31. The monoisotopic (exact) mass is 374 g/mol. The van der Waals surface area contributed by atoms with Gasteiger partial charge in [0.05, 0.1) is 4.90 Å². The van der Waals surface area contributed by atoms with Crippen molar-refractivity contribution in [2.45, 2.75) is 45.6 Å². The number of anilines is 1. The van der Waals surface area contributed by atoms with Crippen LogP contribution in [0.4, 0.5) is 5.69 Å². The van der Waals surface area contributed by atoms with Crippen molar-refractivity contribution in [3.05, 3.63) is 59.2 Å². The van der Waals surface area contributed by atoms with Gasteiger partial charge in [-0.05, 0) is 57.0 Å². The number of nitrogens with one attached hydrogen (secondary N) is 1. The molecule has 5 nitrogen and oxygen atoms in total. The number of sulfonamides is 1. The third-order valence-corrected chi connectivity index (χ3v) is 6.56. The fraction of sp³-hybridized carbons (Fsp3) is 0.350. The molecule has 0 unspecified atom stereocenters. The molecule has 0 aliphatic carbocycles. The molecule has 0 aliphatic rings. The van der Waals surface area contributed by atoms with Gasteiger partial charge in [0.15, 0.2) is 0 Å². The molecule has 0 saturated heterocycles. The normalized spacial score (nSPS) is 12.8. The zero-order valence-electron chi connectivity index (χ0n) is 15.9. The van der Waals surface area contributed by atoms with Gasteiger partial charge < -0.3 is 5.32 Å². The number of hydrogen-bond donors (Lipinski definition) is 1. The fourth-order valence-corrected chi connectivity index (χ4v) is 4.69. The van der Waals surface area contributed by atoms with Gasteiger partial charge in [-0.1, -0.05) is 36.8 Å². The molecule has 0 aliphatic heterocycles. The van der Waals surface area contributed by atoms with E-state index in [1.807, 2.05) is 32.0 Å². The van der Waals surface area contributed by atoms with Crippen molar-refractivity contribution in [2.24, 2.45) is 0 Å². The van der Waals surface area contributed by atoms with Crippen molar-refractivity contribution in [2.75, 3.05) is 11.9 Å². The van der Waals surface area contributed by atoms with E-state index in [4.69, 9.17) is 0 Å². The predicted octanol–water partition coefficient (Wildman–Crippen LogP) is 3.65. The van der Waals surface area contributed by atoms with E-state index >= 15 is 0 Å². The molecule has 1 amide bonds. The van der Waals surface area contributed by atoms with Crippen LogP contribution in [0.3, 0.4) is 0 Å². The van der Waals surface area contributed by atoms with Gasteiger partial charge in [0.1, 0.15) is 6.04 Å². The van der Waals surface area contributed by atoms with Crippen LogP contribution in [0.1, 0.15) is 30.5 Å². The van der Waals surface area contributed by atoms with Gasteiger partial charge in [-0.25, -0.2) is 8.42 Å². The zero-order chi connectivity index (χ0) is 19.5. The van der Waals surface area contributed by atoms with E-state index in [1.54, 1.807) is 45.0 Å². The van der Waals surface area contributed by atoms with Gasteiger partial charge in [-0.3, -0.25) is 4.79 Å². The Balaban J connectivity index is 2.29. The molecule has 0 heterocycles. The fourth-order valence-electron chi connectivity index (χ4n) is 2.78. The molecular weight excluding hydrogens is 348 g/mol. The van der Waals surface area contributed by atoms with Crippen LogP contribution < -0.4 is 5.32 Å². The van der Waals surface area contributed by atoms with Gasteiger partial charge in [0.25, 0.3) is 0 Å². The van der Waals surface area contributed by atoms with E-state index < -0.39 is 16.1 Å². The number of amides is 1. The lowest BCUT2D eigenvalue weighted by atomic mass is 10.2. The molecule has 2 aromatic carbocycles. The first-order chi connectivity index (χ1) is 12.2. The van der Waals surface area contributed by atoms with Crippen molar-refractivity contribution in [3.8, 4) is 0 Å². The summed E-state index contributed by atoms with van der Waals surface area (Å²) in [7, 11) is -3.78. The standard InChI is InChI=1S/C20H26N2O3S/c1-6-22(26(24,25)19-13-15(3)7-10-16(19)4)17(5)20(23)21-18-11-8-14(2)9-12-18/h7-13,17H,6H2,1-5H3,(H,21,23)/t17-/m0/s1. The molecule has 0 bridgehead atoms. The Labute approximate surface area is 156 Å². The molecule has 0 radical (unpaired) electrons. The van der Waals surface area contributed by atoms with Crippen molar-refractivity contribution in [1.29, 1.82) is 0 Å². The number of nitrogens with zero attached hydrogens (tertiary/aromatic N) is 1. The largest absolute Gasteiger partial charge is 0.325 e. The first-order valence-electron chi connectivity index (χ1n) is 8.63. The zero-order valence-corrected chi connectivity index (χ0v) is 16.7. The molecular formula is C20H26N2O3S. The minimum atomic E-state index is -3.78. The summed E-state index contributed by atoms with van der Waals surface area (Å²) >= 11 is 0. The summed E-state index contributed by atoms with van der Waals surface area (Å²) < 4.78 is 27.5. The number of carbonyl (C=O) groups excluding carboxylic acids is 1. The second-order valence-electron chi connectivity index (χ2n) is 6.51. The highest BCUT2D eigenvalue weighted by Gasteiger charge is 2.32. The Hall–Kier alpha value is -2.18. The molecule has 0 spiro atoms. The number of carbonyl (C=O) groups is 1. The lowest BCUT2D eigenvalue weighted by Crippen LogP contribution is -2.45. The number of benzene rings is 2. The Bertz CT molecular complexity index is 890. The van der Waals surface area contributed by atoms with Gasteiger partial charge in [-0.2, -0.15) is 4.31 Å². The SMILES string of the molecule is CCN([C@@H](C)C(=O)Nc1ccc(C)cc1)S(=O)(=O)c1cc(C)ccc1C. The molecule has 1 atom stereocenters. The number of hydrogen-bond acceptors (Lipinski definition) is 3. The molecule has 2 rings (SSSR count). The van der Waals surface area contributed by atoms with Crippen molar-refractivity contribution < 1.29 is 13.2 Å². The quantitative estimate of drug-likeness (QED) is 0.839. The van der Waals surface area contributed by atoms with Crippen LogP contribution in [-0.4, -0.2) is 31.2 Å². The van der Waals surface area contributed by atoms with Gasteiger partial charge in [0, 0.05) is 12.2 Å². The van der Waals surface area contributed by atoms with Crippen LogP contribution in [0.5, 0.6) is 0 Å². The highest BCUT2D eigenvalue weighted by Crippen LogP contribution is 2.23. The van der Waals surface area contributed by atoms with E-state index in [1.165, 1.54) is 4.31 Å². The summed E-state index contributed by atoms with van der Waals surface area (Å²) in [4.78, 5) is 12.9. The van der Waals surface area contributed by atoms with Gasteiger partial charge in [-0.15, -0.1) is 0 Å². The molecule has 0 fully saturated rings. The van der Waals surface area contributed by atoms with Crippen LogP contribution in [0.25, 0.3) is 0 Å². The Kier molecular flexibility index (Phi) is 6.21. The van der Waals surface area contributed by atoms with E-state index in [2.05, 4.69) is 5.32 Å². The lowest BCUT2D eigenvalue weighted by Gasteiger charge is -2.27. The summed E-state index contributed by atoms with van der Waals surface area (Å²) in [5.74, 6) is -0.357. The summed E-state index contributed by atoms with van der Waals surface area (Å²) in [6.07, 6.45) is 0. The lowest BCUT2D eigenvalue weighted by molar-refractivity contribution is -0.119. The van der Waals surface area contributed by atoms with Crippen molar-refractivity contribution >= 4 is 21.6 Å². The maximum atomic E-state index is 13.1. The molecule has 0 saturated carbocycles. The molecule has 140 valence electrons. The molecule has 0 aromatic heterocycles. The van der Waals surface area contributed by atoms with Gasteiger partial charge >= 0.3 is 0 Å². The summed E-state index contributed by atoms with van der Waals surface area (Å²) in [5, 5.41) is 2.79. The van der Waals surface area contributed by atoms with E-state index in [9.17, 15) is 13.2 Å². The molecule has 1 N–H and O–H groups in total. The molecule has 26 heavy (non-hydrogen) atoms. The minimum absolute atomic E-state index is 0.207. The highest BCUT2D eigenvalue weighted by atomic mass is 32.2. The highest BCUT2D eigenvalue weighted by molar-refractivity contribution is 7.89. The van der Waals surface area contributed by atoms with E-state index in [0.29, 0.717) is 11.3 Å². The second-order valence-corrected chi connectivity index (χ2v) is 8.37. The second kappa shape index (κ2) is 8.01. The summed E-state index contributed by atoms with van der Waals surface area (Å²) in [6.45, 7) is 9.12. The average molecular weight is 375 g/mol. The number of likely N-dealkylation sites (N-methyl/N-ethyl adjacent to an activating group) is 1. The van der Waals surface area contributed by atoms with Crippen LogP contribution in [0.2, 0.25) is 0 Å². The van der Waals surface area contributed by atoms with Gasteiger partial charge in [0.2, 0.25) is 15.9 Å². The van der Waals surface area contributed by atoms with Crippen LogP contribution in [0.15, 0.2) is 47.4 Å². The maximum Gasteiger partial charge on any atom is 0.244 e. The average Bonchev–Trinajstić information content (AvgIpc) is 2.59. The minimum Gasteiger partial charge on any atom is -0.325 e. The van der Waals surface area contributed by atoms with E-state index in [0.717, 1.165) is 11.1 Å². The Morgan fingerprint density at radius 2 is 1.62 bits per heavy atom. The summed E-state index contributed by atoms with van der Waals surface area (Å²) in [5.41, 5.74) is 3.26. The van der Waals surface area contributed by atoms with Crippen molar-refractivity contribution in [3.63, 3.8) is 0 Å². The number of aryl methyl sites for hydroxylation is 3. The molecule has 2 aromatic rings. The van der Waals surface area contributed by atoms with Crippen LogP contribution in [0, 0.1) is 20.8 Å². The van der Waals surface area contributed by atoms with E-state index in [-0.39, 0.29) is 17.3 Å². The van der Waals surface area contributed by atoms with Crippen LogP contribution >= 0.6 is 0 Å². The summed E-state index contributed by atoms with van der Waals surface area (Å²) in [6, 6.07) is 11.9. The Morgan fingerprint density at radius 3 is 2.19 bits per heavy atom. The predicted molar refractivity (Wildman–Crippen MR) is 105 cm³/mol. The number of rotatable bonds is 6. The Morgan fingerprint density at radius 1 is 1.04 bits per heavy atom. The molecule has 6 heteroatoms. The topological polar surface area (TPSA) is 66.5 Å². The maximum absolute atomic E-state index is 13.1. The first kappa shape index (κ1) is 20.1. The van der Waals surface area contributed by atoms with Crippen LogP contribution in [-0.2, 0) is 14.8 Å².